The van der Waals surface area contributed by atoms with Crippen LogP contribution in [0.4, 0.5) is 11.4 Å². The van der Waals surface area contributed by atoms with Gasteiger partial charge in [-0.1, -0.05) is 11.6 Å². The van der Waals surface area contributed by atoms with Crippen LogP contribution in [0.5, 0.6) is 5.75 Å². The first-order valence-corrected chi connectivity index (χ1v) is 10.9. The maximum absolute atomic E-state index is 12.9. The third-order valence-electron chi connectivity index (χ3n) is 5.42. The van der Waals surface area contributed by atoms with Crippen molar-refractivity contribution in [3.8, 4) is 17.1 Å². The average molecular weight is 449 g/mol. The summed E-state index contributed by atoms with van der Waals surface area (Å²) in [6.45, 7) is 5.80. The van der Waals surface area contributed by atoms with Crippen molar-refractivity contribution in [3.63, 3.8) is 0 Å². The number of amides is 1. The number of aromatic amines is 1. The highest BCUT2D eigenvalue weighted by Crippen LogP contribution is 2.33. The Hall–Kier alpha value is -3.51. The third-order valence-corrected chi connectivity index (χ3v) is 5.67. The molecule has 0 atom stereocenters. The van der Waals surface area contributed by atoms with Crippen LogP contribution in [0.3, 0.4) is 0 Å². The Balaban J connectivity index is 1.74. The lowest BCUT2D eigenvalue weighted by Crippen LogP contribution is -2.24. The highest BCUT2D eigenvalue weighted by atomic mass is 35.5. The van der Waals surface area contributed by atoms with Gasteiger partial charge in [-0.25, -0.2) is 4.98 Å². The molecule has 164 valence electrons. The lowest BCUT2D eigenvalue weighted by atomic mass is 10.1. The molecule has 0 saturated carbocycles. The molecule has 0 saturated heterocycles. The lowest BCUT2D eigenvalue weighted by Gasteiger charge is -2.24. The van der Waals surface area contributed by atoms with Crippen molar-refractivity contribution in [2.75, 3.05) is 30.4 Å². The minimum Gasteiger partial charge on any atom is -0.497 e. The van der Waals surface area contributed by atoms with Crippen molar-refractivity contribution in [3.05, 3.63) is 71.2 Å². The molecular weight excluding hydrogens is 424 g/mol. The quantitative estimate of drug-likeness (QED) is 0.364. The number of aromatic nitrogens is 2. The number of benzene rings is 3. The number of imidazole rings is 1. The van der Waals surface area contributed by atoms with Crippen LogP contribution in [0.15, 0.2) is 60.7 Å². The van der Waals surface area contributed by atoms with E-state index < -0.39 is 0 Å². The smallest absolute Gasteiger partial charge is 0.255 e. The van der Waals surface area contributed by atoms with Crippen LogP contribution >= 0.6 is 11.6 Å². The van der Waals surface area contributed by atoms with Crippen LogP contribution in [0.2, 0.25) is 5.02 Å². The van der Waals surface area contributed by atoms with Gasteiger partial charge in [0, 0.05) is 29.2 Å². The molecule has 2 N–H and O–H groups in total. The summed E-state index contributed by atoms with van der Waals surface area (Å²) in [6.07, 6.45) is 0. The van der Waals surface area contributed by atoms with E-state index in [1.165, 1.54) is 0 Å². The molecule has 4 rings (SSSR count). The summed E-state index contributed by atoms with van der Waals surface area (Å²) in [5.41, 5.74) is 4.84. The van der Waals surface area contributed by atoms with Crippen molar-refractivity contribution in [2.45, 2.75) is 13.8 Å². The molecule has 0 spiro atoms. The second-order valence-corrected chi connectivity index (χ2v) is 7.77. The normalized spacial score (nSPS) is 10.9. The zero-order valence-corrected chi connectivity index (χ0v) is 19.0. The fraction of sp³-hybridized carbons (Fsp3) is 0.200. The SMILES string of the molecule is CCN(CC)c1cc2[nH]c(-c3ccc(OC)cc3)nc2cc1NC(=O)c1ccc(Cl)cc1. The van der Waals surface area contributed by atoms with Gasteiger partial charge in [-0.2, -0.15) is 0 Å². The molecule has 32 heavy (non-hydrogen) atoms. The maximum Gasteiger partial charge on any atom is 0.255 e. The van der Waals surface area contributed by atoms with Crippen molar-refractivity contribution in [1.29, 1.82) is 0 Å². The number of carbonyl (C=O) groups excluding carboxylic acids is 1. The summed E-state index contributed by atoms with van der Waals surface area (Å²) in [6, 6.07) is 18.5. The fourth-order valence-electron chi connectivity index (χ4n) is 3.65. The largest absolute Gasteiger partial charge is 0.497 e. The topological polar surface area (TPSA) is 70.2 Å². The number of ether oxygens (including phenoxy) is 1. The number of H-pyrrole nitrogens is 1. The number of fused-ring (bicyclic) bond motifs is 1. The first kappa shape index (κ1) is 21.7. The van der Waals surface area contributed by atoms with Gasteiger partial charge in [0.15, 0.2) is 0 Å². The molecule has 0 unspecified atom stereocenters. The van der Waals surface area contributed by atoms with Gasteiger partial charge in [-0.15, -0.1) is 0 Å². The summed E-state index contributed by atoms with van der Waals surface area (Å²) in [5.74, 6) is 1.36. The van der Waals surface area contributed by atoms with E-state index in [1.54, 1.807) is 31.4 Å². The molecule has 3 aromatic carbocycles. The van der Waals surface area contributed by atoms with Gasteiger partial charge in [-0.3, -0.25) is 4.79 Å². The Bertz CT molecular complexity index is 1230. The number of carbonyl (C=O) groups is 1. The highest BCUT2D eigenvalue weighted by molar-refractivity contribution is 6.30. The van der Waals surface area contributed by atoms with Crippen LogP contribution in [0.25, 0.3) is 22.4 Å². The second kappa shape index (κ2) is 9.32. The van der Waals surface area contributed by atoms with E-state index in [4.69, 9.17) is 21.3 Å². The first-order chi connectivity index (χ1) is 15.5. The number of rotatable bonds is 7. The van der Waals surface area contributed by atoms with E-state index in [0.29, 0.717) is 16.3 Å². The van der Waals surface area contributed by atoms with Crippen molar-refractivity contribution < 1.29 is 9.53 Å². The predicted molar refractivity (Wildman–Crippen MR) is 131 cm³/mol. The standard InChI is InChI=1S/C25H25ClN4O2/c1-4-30(5-2)23-15-21-20(27-24(28-21)16-8-12-19(32-3)13-9-16)14-22(23)29-25(31)17-6-10-18(26)11-7-17/h6-15H,4-5H2,1-3H3,(H,27,28)(H,29,31). The van der Waals surface area contributed by atoms with Gasteiger partial charge >= 0.3 is 0 Å². The van der Waals surface area contributed by atoms with Gasteiger partial charge in [0.1, 0.15) is 11.6 Å². The molecule has 4 aromatic rings. The Labute approximate surface area is 192 Å². The summed E-state index contributed by atoms with van der Waals surface area (Å²) >= 11 is 5.96. The number of nitrogens with one attached hydrogen (secondary N) is 2. The van der Waals surface area contributed by atoms with Crippen molar-refractivity contribution in [2.24, 2.45) is 0 Å². The van der Waals surface area contributed by atoms with Crippen molar-refractivity contribution in [1.82, 2.24) is 9.97 Å². The highest BCUT2D eigenvalue weighted by Gasteiger charge is 2.16. The maximum atomic E-state index is 12.9. The lowest BCUT2D eigenvalue weighted by molar-refractivity contribution is 0.102. The van der Waals surface area contributed by atoms with Crippen LogP contribution < -0.4 is 15.0 Å². The third kappa shape index (κ3) is 4.41. The molecule has 1 heterocycles. The molecule has 1 amide bonds. The molecule has 0 aliphatic heterocycles. The molecule has 0 radical (unpaired) electrons. The number of nitrogens with zero attached hydrogens (tertiary/aromatic N) is 2. The summed E-state index contributed by atoms with van der Waals surface area (Å²) in [5, 5.41) is 3.65. The molecule has 6 nitrogen and oxygen atoms in total. The molecule has 0 aliphatic carbocycles. The van der Waals surface area contributed by atoms with Crippen LogP contribution in [0, 0.1) is 0 Å². The number of hydrogen-bond donors (Lipinski definition) is 2. The fourth-order valence-corrected chi connectivity index (χ4v) is 3.78. The number of anilines is 2. The predicted octanol–water partition coefficient (Wildman–Crippen LogP) is 5.99. The van der Waals surface area contributed by atoms with Crippen LogP contribution in [-0.2, 0) is 0 Å². The monoisotopic (exact) mass is 448 g/mol. The summed E-state index contributed by atoms with van der Waals surface area (Å²) < 4.78 is 5.24. The zero-order valence-electron chi connectivity index (χ0n) is 18.3. The van der Waals surface area contributed by atoms with E-state index in [9.17, 15) is 4.79 Å². The molecule has 0 bridgehead atoms. The van der Waals surface area contributed by atoms with E-state index >= 15 is 0 Å². The Kier molecular flexibility index (Phi) is 6.32. The Morgan fingerprint density at radius 3 is 2.38 bits per heavy atom. The van der Waals surface area contributed by atoms with E-state index in [2.05, 4.69) is 29.0 Å². The molecule has 0 aliphatic rings. The van der Waals surface area contributed by atoms with E-state index in [0.717, 1.165) is 46.9 Å². The van der Waals surface area contributed by atoms with E-state index in [1.807, 2.05) is 36.4 Å². The summed E-state index contributed by atoms with van der Waals surface area (Å²) in [4.78, 5) is 23.3. The molecular formula is C25H25ClN4O2. The Morgan fingerprint density at radius 2 is 1.75 bits per heavy atom. The second-order valence-electron chi connectivity index (χ2n) is 7.33. The minimum atomic E-state index is -0.194. The number of halogens is 1. The van der Waals surface area contributed by atoms with Crippen LogP contribution in [-0.4, -0.2) is 36.1 Å². The van der Waals surface area contributed by atoms with E-state index in [-0.39, 0.29) is 5.91 Å². The van der Waals surface area contributed by atoms with Gasteiger partial charge in [0.25, 0.3) is 5.91 Å². The Morgan fingerprint density at radius 1 is 1.06 bits per heavy atom. The number of methoxy groups -OCH3 is 1. The first-order valence-electron chi connectivity index (χ1n) is 10.5. The molecule has 0 fully saturated rings. The van der Waals surface area contributed by atoms with Gasteiger partial charge in [0.2, 0.25) is 0 Å². The number of hydrogen-bond acceptors (Lipinski definition) is 4. The zero-order chi connectivity index (χ0) is 22.7. The van der Waals surface area contributed by atoms with Crippen LogP contribution in [0.1, 0.15) is 24.2 Å². The van der Waals surface area contributed by atoms with Gasteiger partial charge in [0.05, 0.1) is 29.5 Å². The van der Waals surface area contributed by atoms with Crippen molar-refractivity contribution >= 4 is 39.9 Å². The minimum absolute atomic E-state index is 0.194. The average Bonchev–Trinajstić information content (AvgIpc) is 3.23. The summed E-state index contributed by atoms with van der Waals surface area (Å²) in [7, 11) is 1.64. The van der Waals surface area contributed by atoms with Gasteiger partial charge < -0.3 is 19.9 Å². The molecule has 1 aromatic heterocycles. The van der Waals surface area contributed by atoms with Gasteiger partial charge in [-0.05, 0) is 74.5 Å². The molecule has 7 heteroatoms.